The van der Waals surface area contributed by atoms with Crippen LogP contribution in [0.25, 0.3) is 0 Å². The number of nitrogens with two attached hydrogens (primary N) is 1. The van der Waals surface area contributed by atoms with Gasteiger partial charge in [0.15, 0.2) is 5.16 Å². The van der Waals surface area contributed by atoms with Crippen molar-refractivity contribution in [2.45, 2.75) is 36.1 Å². The van der Waals surface area contributed by atoms with Gasteiger partial charge < -0.3 is 5.32 Å². The lowest BCUT2D eigenvalue weighted by molar-refractivity contribution is -0.115. The van der Waals surface area contributed by atoms with E-state index in [2.05, 4.69) is 15.3 Å². The van der Waals surface area contributed by atoms with Crippen molar-refractivity contribution in [1.82, 2.24) is 9.97 Å². The second kappa shape index (κ2) is 7.29. The number of nitrogens with zero attached hydrogens (tertiary/aromatic N) is 2. The van der Waals surface area contributed by atoms with Crippen LogP contribution in [0.1, 0.15) is 18.3 Å². The molecule has 0 aliphatic heterocycles. The Balaban J connectivity index is 2.03. The summed E-state index contributed by atoms with van der Waals surface area (Å²) in [7, 11) is -3.75. The van der Waals surface area contributed by atoms with Crippen LogP contribution < -0.4 is 10.5 Å². The van der Waals surface area contributed by atoms with E-state index in [4.69, 9.17) is 5.14 Å². The number of nitrogens with one attached hydrogen (secondary N) is 1. The molecule has 0 bridgehead atoms. The molecule has 7 nitrogen and oxygen atoms in total. The molecule has 0 aliphatic carbocycles. The number of carbonyl (C=O) groups excluding carboxylic acids is 1. The molecule has 128 valence electrons. The molecule has 2 rings (SSSR count). The van der Waals surface area contributed by atoms with Crippen molar-refractivity contribution in [2.24, 2.45) is 5.14 Å². The van der Waals surface area contributed by atoms with E-state index in [-0.39, 0.29) is 10.8 Å². The summed E-state index contributed by atoms with van der Waals surface area (Å²) in [5, 5.41) is 7.88. The normalized spacial score (nSPS) is 12.7. The van der Waals surface area contributed by atoms with Crippen LogP contribution in [0.3, 0.4) is 0 Å². The van der Waals surface area contributed by atoms with E-state index in [1.165, 1.54) is 36.0 Å². The van der Waals surface area contributed by atoms with Crippen molar-refractivity contribution in [1.29, 1.82) is 0 Å². The SMILES string of the molecule is Cc1cc(C)nc(S[C@@H](C)C(=O)Nc2ccc(S(N)(=O)=O)cc2)n1. The molecule has 1 amide bonds. The van der Waals surface area contributed by atoms with E-state index in [0.717, 1.165) is 11.4 Å². The van der Waals surface area contributed by atoms with Crippen LogP contribution in [-0.2, 0) is 14.8 Å². The first-order chi connectivity index (χ1) is 11.1. The number of hydrogen-bond acceptors (Lipinski definition) is 6. The Morgan fingerprint density at radius 1 is 1.17 bits per heavy atom. The maximum atomic E-state index is 12.2. The predicted molar refractivity (Wildman–Crippen MR) is 93.3 cm³/mol. The number of aromatic nitrogens is 2. The van der Waals surface area contributed by atoms with E-state index in [1.807, 2.05) is 19.9 Å². The number of anilines is 1. The van der Waals surface area contributed by atoms with Crippen molar-refractivity contribution in [3.8, 4) is 0 Å². The third-order valence-electron chi connectivity index (χ3n) is 3.06. The first kappa shape index (κ1) is 18.4. The van der Waals surface area contributed by atoms with Gasteiger partial charge in [-0.3, -0.25) is 4.79 Å². The Bertz CT molecular complexity index is 831. The molecule has 0 saturated carbocycles. The summed E-state index contributed by atoms with van der Waals surface area (Å²) in [6.45, 7) is 5.49. The number of aryl methyl sites for hydroxylation is 2. The van der Waals surface area contributed by atoms with Crippen LogP contribution in [0.15, 0.2) is 40.4 Å². The van der Waals surface area contributed by atoms with Gasteiger partial charge in [-0.15, -0.1) is 0 Å². The lowest BCUT2D eigenvalue weighted by atomic mass is 10.3. The monoisotopic (exact) mass is 366 g/mol. The molecule has 0 saturated heterocycles. The summed E-state index contributed by atoms with van der Waals surface area (Å²) < 4.78 is 22.4. The standard InChI is InChI=1S/C15H18N4O3S2/c1-9-8-10(2)18-15(17-9)23-11(3)14(20)19-12-4-6-13(7-5-12)24(16,21)22/h4-8,11H,1-3H3,(H,19,20)(H2,16,21,22)/t11-/m0/s1. The van der Waals surface area contributed by atoms with E-state index >= 15 is 0 Å². The highest BCUT2D eigenvalue weighted by Crippen LogP contribution is 2.22. The summed E-state index contributed by atoms with van der Waals surface area (Å²) >= 11 is 1.26. The fourth-order valence-electron chi connectivity index (χ4n) is 1.93. The zero-order valence-electron chi connectivity index (χ0n) is 13.5. The van der Waals surface area contributed by atoms with Crippen molar-refractivity contribution < 1.29 is 13.2 Å². The lowest BCUT2D eigenvalue weighted by Gasteiger charge is -2.12. The van der Waals surface area contributed by atoms with Gasteiger partial charge in [-0.25, -0.2) is 23.5 Å². The van der Waals surface area contributed by atoms with E-state index in [0.29, 0.717) is 10.8 Å². The second-order valence-electron chi connectivity index (χ2n) is 5.25. The molecule has 3 N–H and O–H groups in total. The van der Waals surface area contributed by atoms with Crippen LogP contribution in [0.2, 0.25) is 0 Å². The fourth-order valence-corrected chi connectivity index (χ4v) is 3.32. The van der Waals surface area contributed by atoms with E-state index < -0.39 is 15.3 Å². The molecule has 0 fully saturated rings. The third kappa shape index (κ3) is 5.02. The average Bonchev–Trinajstić information content (AvgIpc) is 2.45. The van der Waals surface area contributed by atoms with Crippen molar-refractivity contribution in [3.05, 3.63) is 41.7 Å². The number of sulfonamides is 1. The zero-order chi connectivity index (χ0) is 17.9. The van der Waals surface area contributed by atoms with Gasteiger partial charge in [-0.2, -0.15) is 0 Å². The predicted octanol–water partition coefficient (Wildman–Crippen LogP) is 1.86. The number of primary sulfonamides is 1. The smallest absolute Gasteiger partial charge is 0.238 e. The maximum Gasteiger partial charge on any atom is 0.238 e. The van der Waals surface area contributed by atoms with Crippen LogP contribution in [0.5, 0.6) is 0 Å². The summed E-state index contributed by atoms with van der Waals surface area (Å²) in [4.78, 5) is 20.8. The minimum absolute atomic E-state index is 0.00782. The summed E-state index contributed by atoms with van der Waals surface area (Å²) in [6.07, 6.45) is 0. The van der Waals surface area contributed by atoms with Crippen LogP contribution >= 0.6 is 11.8 Å². The topological polar surface area (TPSA) is 115 Å². The van der Waals surface area contributed by atoms with Gasteiger partial charge in [0.25, 0.3) is 0 Å². The summed E-state index contributed by atoms with van der Waals surface area (Å²) in [6, 6.07) is 7.53. The van der Waals surface area contributed by atoms with Crippen molar-refractivity contribution in [3.63, 3.8) is 0 Å². The van der Waals surface area contributed by atoms with E-state index in [9.17, 15) is 13.2 Å². The number of benzene rings is 1. The Morgan fingerprint density at radius 3 is 2.21 bits per heavy atom. The molecular weight excluding hydrogens is 348 g/mol. The lowest BCUT2D eigenvalue weighted by Crippen LogP contribution is -2.22. The highest BCUT2D eigenvalue weighted by molar-refractivity contribution is 8.00. The molecule has 1 aromatic carbocycles. The molecule has 0 radical (unpaired) electrons. The molecular formula is C15H18N4O3S2. The number of hydrogen-bond donors (Lipinski definition) is 2. The van der Waals surface area contributed by atoms with Gasteiger partial charge in [0, 0.05) is 17.1 Å². The number of carbonyl (C=O) groups is 1. The van der Waals surface area contributed by atoms with Crippen LogP contribution in [0, 0.1) is 13.8 Å². The highest BCUT2D eigenvalue weighted by Gasteiger charge is 2.17. The van der Waals surface area contributed by atoms with Gasteiger partial charge in [-0.05, 0) is 51.1 Å². The Kier molecular flexibility index (Phi) is 5.58. The molecule has 1 heterocycles. The Hall–Kier alpha value is -1.97. The molecule has 2 aromatic rings. The number of thioether (sulfide) groups is 1. The minimum atomic E-state index is -3.75. The third-order valence-corrected chi connectivity index (χ3v) is 4.95. The zero-order valence-corrected chi connectivity index (χ0v) is 15.1. The maximum absolute atomic E-state index is 12.2. The van der Waals surface area contributed by atoms with Gasteiger partial charge in [0.1, 0.15) is 0 Å². The van der Waals surface area contributed by atoms with Gasteiger partial charge in [0.2, 0.25) is 15.9 Å². The van der Waals surface area contributed by atoms with Crippen molar-refractivity contribution >= 4 is 33.4 Å². The first-order valence-electron chi connectivity index (χ1n) is 7.08. The highest BCUT2D eigenvalue weighted by atomic mass is 32.2. The number of rotatable bonds is 5. The largest absolute Gasteiger partial charge is 0.325 e. The summed E-state index contributed by atoms with van der Waals surface area (Å²) in [5.74, 6) is -0.230. The number of amides is 1. The van der Waals surface area contributed by atoms with Gasteiger partial charge in [0.05, 0.1) is 10.1 Å². The van der Waals surface area contributed by atoms with Gasteiger partial charge in [-0.1, -0.05) is 11.8 Å². The molecule has 0 aliphatic rings. The Labute approximate surface area is 145 Å². The van der Waals surface area contributed by atoms with Crippen molar-refractivity contribution in [2.75, 3.05) is 5.32 Å². The average molecular weight is 366 g/mol. The molecule has 1 aromatic heterocycles. The molecule has 1 atom stereocenters. The van der Waals surface area contributed by atoms with Gasteiger partial charge >= 0.3 is 0 Å². The Morgan fingerprint density at radius 2 is 1.71 bits per heavy atom. The fraction of sp³-hybridized carbons (Fsp3) is 0.267. The molecule has 24 heavy (non-hydrogen) atoms. The molecule has 0 spiro atoms. The summed E-state index contributed by atoms with van der Waals surface area (Å²) in [5.41, 5.74) is 2.17. The minimum Gasteiger partial charge on any atom is -0.325 e. The van der Waals surface area contributed by atoms with Crippen LogP contribution in [0.4, 0.5) is 5.69 Å². The van der Waals surface area contributed by atoms with Crippen LogP contribution in [-0.4, -0.2) is 29.5 Å². The molecule has 9 heteroatoms. The second-order valence-corrected chi connectivity index (χ2v) is 8.12. The molecule has 0 unspecified atom stereocenters. The quantitative estimate of drug-likeness (QED) is 0.616. The first-order valence-corrected chi connectivity index (χ1v) is 9.50. The van der Waals surface area contributed by atoms with E-state index in [1.54, 1.807) is 6.92 Å².